The fraction of sp³-hybridized carbons (Fsp3) is 0.517. The monoisotopic (exact) mass is 529 g/mol. The van der Waals surface area contributed by atoms with Gasteiger partial charge in [0.2, 0.25) is 0 Å². The molecule has 0 unspecified atom stereocenters. The first-order chi connectivity index (χ1) is 16.6. The van der Waals surface area contributed by atoms with Crippen molar-refractivity contribution in [3.8, 4) is 0 Å². The van der Waals surface area contributed by atoms with Crippen LogP contribution >= 0.6 is 24.8 Å². The van der Waals surface area contributed by atoms with E-state index in [1.165, 1.54) is 68.7 Å². The number of piperazine rings is 1. The van der Waals surface area contributed by atoms with Crippen molar-refractivity contribution >= 4 is 42.1 Å². The van der Waals surface area contributed by atoms with E-state index in [4.69, 9.17) is 9.97 Å². The number of hydrogen-bond acceptors (Lipinski definition) is 4. The molecule has 1 saturated carbocycles. The minimum atomic E-state index is 0. The lowest BCUT2D eigenvalue weighted by atomic mass is 9.85. The summed E-state index contributed by atoms with van der Waals surface area (Å²) in [4.78, 5) is 14.9. The molecule has 196 valence electrons. The maximum Gasteiger partial charge on any atom is 0.160 e. The second-order valence-corrected chi connectivity index (χ2v) is 10.3. The van der Waals surface area contributed by atoms with Gasteiger partial charge in [0.15, 0.2) is 5.65 Å². The molecule has 2 fully saturated rings. The Balaban J connectivity index is 0.00000180. The summed E-state index contributed by atoms with van der Waals surface area (Å²) < 4.78 is 2.28. The number of nitrogens with zero attached hydrogens (tertiary/aromatic N) is 5. The predicted octanol–water partition coefficient (Wildman–Crippen LogP) is 5.93. The summed E-state index contributed by atoms with van der Waals surface area (Å²) in [6, 6.07) is 11.1. The lowest BCUT2D eigenvalue weighted by molar-refractivity contribution is 0.107. The van der Waals surface area contributed by atoms with Crippen LogP contribution in [0.15, 0.2) is 36.4 Å². The Morgan fingerprint density at radius 2 is 1.64 bits per heavy atom. The molecule has 1 aliphatic heterocycles. The molecule has 0 spiro atoms. The van der Waals surface area contributed by atoms with Gasteiger partial charge < -0.3 is 9.47 Å². The summed E-state index contributed by atoms with van der Waals surface area (Å²) in [7, 11) is 0. The summed E-state index contributed by atoms with van der Waals surface area (Å²) in [5.74, 6) is 2.09. The molecule has 0 N–H and O–H groups in total. The van der Waals surface area contributed by atoms with E-state index in [-0.39, 0.29) is 24.8 Å². The number of aromatic nitrogens is 3. The SMILES string of the molecule is CCc1nc2c(C)cc(C)nc2n1Cc1ccc(/C=C/CN2CCN(CC3CCC3)CC2)cc1.Cl.Cl. The number of benzene rings is 1. The Labute approximate surface area is 228 Å². The van der Waals surface area contributed by atoms with Crippen LogP contribution in [0, 0.1) is 19.8 Å². The van der Waals surface area contributed by atoms with Crippen LogP contribution in [0.1, 0.15) is 54.4 Å². The van der Waals surface area contributed by atoms with Gasteiger partial charge in [-0.3, -0.25) is 4.90 Å². The van der Waals surface area contributed by atoms with Crippen molar-refractivity contribution in [2.45, 2.75) is 53.0 Å². The van der Waals surface area contributed by atoms with Crippen LogP contribution in [0.3, 0.4) is 0 Å². The molecule has 3 heterocycles. The van der Waals surface area contributed by atoms with Crippen molar-refractivity contribution < 1.29 is 0 Å². The lowest BCUT2D eigenvalue weighted by Gasteiger charge is -2.38. The molecule has 2 aliphatic rings. The number of imidazole rings is 1. The molecule has 36 heavy (non-hydrogen) atoms. The molecule has 0 radical (unpaired) electrons. The molecule has 7 heteroatoms. The van der Waals surface area contributed by atoms with Crippen molar-refractivity contribution in [1.82, 2.24) is 24.3 Å². The van der Waals surface area contributed by atoms with Crippen molar-refractivity contribution in [3.63, 3.8) is 0 Å². The van der Waals surface area contributed by atoms with E-state index in [1.807, 2.05) is 0 Å². The van der Waals surface area contributed by atoms with Gasteiger partial charge in [-0.1, -0.05) is 49.8 Å². The van der Waals surface area contributed by atoms with E-state index < -0.39 is 0 Å². The predicted molar refractivity (Wildman–Crippen MR) is 156 cm³/mol. The van der Waals surface area contributed by atoms with Crippen LogP contribution in [0.4, 0.5) is 0 Å². The summed E-state index contributed by atoms with van der Waals surface area (Å²) >= 11 is 0. The second kappa shape index (κ2) is 13.0. The Kier molecular flexibility index (Phi) is 10.4. The molecule has 0 bridgehead atoms. The van der Waals surface area contributed by atoms with Gasteiger partial charge in [0, 0.05) is 51.4 Å². The molecule has 5 nitrogen and oxygen atoms in total. The van der Waals surface area contributed by atoms with Gasteiger partial charge in [-0.2, -0.15) is 0 Å². The smallest absolute Gasteiger partial charge is 0.160 e. The van der Waals surface area contributed by atoms with E-state index >= 15 is 0 Å². The second-order valence-electron chi connectivity index (χ2n) is 10.3. The first-order valence-electron chi connectivity index (χ1n) is 13.1. The largest absolute Gasteiger partial charge is 0.308 e. The maximum atomic E-state index is 4.88. The van der Waals surface area contributed by atoms with Gasteiger partial charge in [-0.05, 0) is 55.4 Å². The van der Waals surface area contributed by atoms with Crippen LogP contribution in [-0.2, 0) is 13.0 Å². The van der Waals surface area contributed by atoms with Gasteiger partial charge in [-0.15, -0.1) is 24.8 Å². The molecule has 5 rings (SSSR count). The van der Waals surface area contributed by atoms with E-state index in [1.54, 1.807) is 0 Å². The standard InChI is InChI=1S/C29H39N5.2ClH/c1-4-27-31-28-22(2)19-23(3)30-29(28)34(27)21-26-12-10-24(11-13-26)9-6-14-32-15-17-33(18-16-32)20-25-7-5-8-25;;/h6,9-13,19,25H,4-5,7-8,14-18,20-21H2,1-3H3;2*1H/b9-6+;;. The summed E-state index contributed by atoms with van der Waals surface area (Å²) in [5.41, 5.74) is 6.85. The number of fused-ring (bicyclic) bond motifs is 1. The normalized spacial score (nSPS) is 17.2. The Morgan fingerprint density at radius 3 is 2.28 bits per heavy atom. The van der Waals surface area contributed by atoms with Gasteiger partial charge in [0.1, 0.15) is 11.3 Å². The molecule has 1 aliphatic carbocycles. The first kappa shape index (κ1) is 28.6. The first-order valence-corrected chi connectivity index (χ1v) is 13.1. The number of rotatable bonds is 8. The molecule has 1 aromatic carbocycles. The van der Waals surface area contributed by atoms with Gasteiger partial charge in [0.25, 0.3) is 0 Å². The Hall–Kier alpha value is -1.92. The van der Waals surface area contributed by atoms with E-state index in [2.05, 4.69) is 77.6 Å². The highest BCUT2D eigenvalue weighted by molar-refractivity contribution is 5.85. The molecular formula is C29H41Cl2N5. The van der Waals surface area contributed by atoms with Crippen LogP contribution in [0.2, 0.25) is 0 Å². The van der Waals surface area contributed by atoms with Crippen LogP contribution < -0.4 is 0 Å². The number of halogens is 2. The van der Waals surface area contributed by atoms with E-state index in [0.717, 1.165) is 48.1 Å². The Bertz CT molecular complexity index is 1140. The summed E-state index contributed by atoms with van der Waals surface area (Å²) in [6.07, 6.45) is 9.86. The fourth-order valence-electron chi connectivity index (χ4n) is 5.33. The maximum absolute atomic E-state index is 4.88. The number of hydrogen-bond donors (Lipinski definition) is 0. The van der Waals surface area contributed by atoms with Crippen molar-refractivity contribution in [2.75, 3.05) is 39.3 Å². The molecular weight excluding hydrogens is 489 g/mol. The molecule has 1 saturated heterocycles. The van der Waals surface area contributed by atoms with Crippen molar-refractivity contribution in [1.29, 1.82) is 0 Å². The number of aryl methyl sites for hydroxylation is 3. The van der Waals surface area contributed by atoms with Crippen LogP contribution in [0.25, 0.3) is 17.2 Å². The fourth-order valence-corrected chi connectivity index (χ4v) is 5.33. The topological polar surface area (TPSA) is 37.2 Å². The van der Waals surface area contributed by atoms with Crippen molar-refractivity contribution in [3.05, 3.63) is 64.6 Å². The van der Waals surface area contributed by atoms with Gasteiger partial charge in [0.05, 0.1) is 6.54 Å². The summed E-state index contributed by atoms with van der Waals surface area (Å²) in [5, 5.41) is 0. The third-order valence-electron chi connectivity index (χ3n) is 7.62. The van der Waals surface area contributed by atoms with Crippen LogP contribution in [-0.4, -0.2) is 63.6 Å². The molecule has 0 atom stereocenters. The average molecular weight is 531 g/mol. The molecule has 2 aromatic heterocycles. The lowest BCUT2D eigenvalue weighted by Crippen LogP contribution is -2.48. The minimum absolute atomic E-state index is 0. The Morgan fingerprint density at radius 1 is 0.944 bits per heavy atom. The van der Waals surface area contributed by atoms with E-state index in [0.29, 0.717) is 0 Å². The zero-order valence-corrected chi connectivity index (χ0v) is 23.6. The highest BCUT2D eigenvalue weighted by Crippen LogP contribution is 2.27. The quantitative estimate of drug-likeness (QED) is 0.362. The highest BCUT2D eigenvalue weighted by atomic mass is 35.5. The van der Waals surface area contributed by atoms with Crippen LogP contribution in [0.5, 0.6) is 0 Å². The van der Waals surface area contributed by atoms with E-state index in [9.17, 15) is 0 Å². The zero-order chi connectivity index (χ0) is 23.5. The molecule has 0 amide bonds. The van der Waals surface area contributed by atoms with Gasteiger partial charge >= 0.3 is 0 Å². The zero-order valence-electron chi connectivity index (χ0n) is 21.9. The minimum Gasteiger partial charge on any atom is -0.308 e. The highest BCUT2D eigenvalue weighted by Gasteiger charge is 2.23. The molecule has 3 aromatic rings. The van der Waals surface area contributed by atoms with Gasteiger partial charge in [-0.25, -0.2) is 9.97 Å². The third kappa shape index (κ3) is 6.69. The summed E-state index contributed by atoms with van der Waals surface area (Å²) in [6.45, 7) is 14.4. The third-order valence-corrected chi connectivity index (χ3v) is 7.62. The number of pyridine rings is 1. The average Bonchev–Trinajstić information content (AvgIpc) is 3.16. The van der Waals surface area contributed by atoms with Crippen molar-refractivity contribution in [2.24, 2.45) is 5.92 Å².